The first kappa shape index (κ1) is 19.9. The van der Waals surface area contributed by atoms with Crippen LogP contribution in [0.1, 0.15) is 57.2 Å². The zero-order valence-electron chi connectivity index (χ0n) is 16.2. The maximum absolute atomic E-state index is 11.9. The highest BCUT2D eigenvalue weighted by molar-refractivity contribution is 5.94. The third kappa shape index (κ3) is 6.37. The van der Waals surface area contributed by atoms with E-state index in [1.165, 1.54) is 0 Å². The van der Waals surface area contributed by atoms with Crippen molar-refractivity contribution in [2.75, 3.05) is 11.9 Å². The summed E-state index contributed by atoms with van der Waals surface area (Å²) in [5.41, 5.74) is 0.629. The number of hydrogen-bond donors (Lipinski definition) is 2. The number of anilines is 1. The molecule has 1 aromatic heterocycles. The third-order valence-corrected chi connectivity index (χ3v) is 4.31. The Morgan fingerprint density at radius 3 is 2.64 bits per heavy atom. The summed E-state index contributed by atoms with van der Waals surface area (Å²) >= 11 is 0. The summed E-state index contributed by atoms with van der Waals surface area (Å²) in [4.78, 5) is 27.9. The smallest absolute Gasteiger partial charge is 0.243 e. The predicted octanol–water partition coefficient (Wildman–Crippen LogP) is 3.02. The lowest BCUT2D eigenvalue weighted by atomic mass is 10.1. The van der Waals surface area contributed by atoms with Crippen LogP contribution in [0.4, 0.5) is 5.69 Å². The molecule has 0 unspecified atom stereocenters. The largest absolute Gasteiger partial charge is 0.485 e. The van der Waals surface area contributed by atoms with E-state index in [0.29, 0.717) is 41.4 Å². The molecule has 0 spiro atoms. The normalized spacial score (nSPS) is 13.4. The third-order valence-electron chi connectivity index (χ3n) is 4.31. The van der Waals surface area contributed by atoms with E-state index in [2.05, 4.69) is 34.6 Å². The molecule has 1 aliphatic carbocycles. The van der Waals surface area contributed by atoms with Gasteiger partial charge in [-0.2, -0.15) is 4.98 Å². The van der Waals surface area contributed by atoms with E-state index >= 15 is 0 Å². The van der Waals surface area contributed by atoms with E-state index in [1.807, 2.05) is 0 Å². The van der Waals surface area contributed by atoms with E-state index < -0.39 is 0 Å². The van der Waals surface area contributed by atoms with Crippen molar-refractivity contribution in [1.82, 2.24) is 15.5 Å². The van der Waals surface area contributed by atoms with Gasteiger partial charge in [-0.1, -0.05) is 19.0 Å². The van der Waals surface area contributed by atoms with Gasteiger partial charge >= 0.3 is 0 Å². The Morgan fingerprint density at radius 1 is 1.21 bits per heavy atom. The summed E-state index contributed by atoms with van der Waals surface area (Å²) in [6.07, 6.45) is 3.45. The molecule has 0 atom stereocenters. The minimum absolute atomic E-state index is 0.0453. The Kier molecular flexibility index (Phi) is 6.62. The molecule has 0 radical (unpaired) electrons. The highest BCUT2D eigenvalue weighted by Gasteiger charge is 2.29. The molecule has 1 aromatic carbocycles. The Hall–Kier alpha value is -2.90. The van der Waals surface area contributed by atoms with Crippen molar-refractivity contribution in [3.63, 3.8) is 0 Å². The number of rotatable bonds is 10. The van der Waals surface area contributed by atoms with Gasteiger partial charge in [-0.15, -0.1) is 0 Å². The molecule has 150 valence electrons. The first-order valence-electron chi connectivity index (χ1n) is 9.61. The monoisotopic (exact) mass is 386 g/mol. The molecule has 2 amide bonds. The summed E-state index contributed by atoms with van der Waals surface area (Å²) < 4.78 is 10.8. The number of hydrogen-bond acceptors (Lipinski definition) is 6. The molecule has 1 saturated carbocycles. The van der Waals surface area contributed by atoms with Crippen molar-refractivity contribution < 1.29 is 18.8 Å². The average Bonchev–Trinajstić information content (AvgIpc) is 3.42. The van der Waals surface area contributed by atoms with E-state index in [9.17, 15) is 9.59 Å². The SMILES string of the molecule is CC(C)CCC(=O)NCC(=O)Nc1ccc(OCc2noc(C3CC3)n2)cc1. The van der Waals surface area contributed by atoms with Crippen LogP contribution in [0.2, 0.25) is 0 Å². The van der Waals surface area contributed by atoms with Crippen LogP contribution in [0.3, 0.4) is 0 Å². The van der Waals surface area contributed by atoms with Gasteiger partial charge in [0.05, 0.1) is 6.54 Å². The second kappa shape index (κ2) is 9.34. The Morgan fingerprint density at radius 2 is 1.96 bits per heavy atom. The van der Waals surface area contributed by atoms with Crippen molar-refractivity contribution in [2.24, 2.45) is 5.92 Å². The molecule has 0 aliphatic heterocycles. The van der Waals surface area contributed by atoms with E-state index in [0.717, 1.165) is 19.3 Å². The Balaban J connectivity index is 1.38. The second-order valence-electron chi connectivity index (χ2n) is 7.39. The number of benzene rings is 1. The zero-order chi connectivity index (χ0) is 19.9. The molecule has 1 fully saturated rings. The van der Waals surface area contributed by atoms with Crippen molar-refractivity contribution in [1.29, 1.82) is 0 Å². The number of ether oxygens (including phenoxy) is 1. The minimum Gasteiger partial charge on any atom is -0.485 e. The van der Waals surface area contributed by atoms with Gasteiger partial charge in [0.2, 0.25) is 23.5 Å². The van der Waals surface area contributed by atoms with Crippen molar-refractivity contribution >= 4 is 17.5 Å². The number of nitrogens with zero attached hydrogens (tertiary/aromatic N) is 2. The summed E-state index contributed by atoms with van der Waals surface area (Å²) in [5.74, 6) is 2.34. The first-order valence-corrected chi connectivity index (χ1v) is 9.61. The maximum atomic E-state index is 11.9. The summed E-state index contributed by atoms with van der Waals surface area (Å²) in [6, 6.07) is 6.97. The van der Waals surface area contributed by atoms with Crippen LogP contribution in [0.5, 0.6) is 5.75 Å². The van der Waals surface area contributed by atoms with Crippen LogP contribution >= 0.6 is 0 Å². The van der Waals surface area contributed by atoms with Gasteiger partial charge in [0.25, 0.3) is 0 Å². The molecule has 8 heteroatoms. The lowest BCUT2D eigenvalue weighted by Crippen LogP contribution is -2.32. The van der Waals surface area contributed by atoms with Crippen molar-refractivity contribution in [3.8, 4) is 5.75 Å². The van der Waals surface area contributed by atoms with Crippen LogP contribution < -0.4 is 15.4 Å². The quantitative estimate of drug-likeness (QED) is 0.650. The minimum atomic E-state index is -0.272. The van der Waals surface area contributed by atoms with Gasteiger partial charge in [-0.3, -0.25) is 9.59 Å². The number of aromatic nitrogens is 2. The van der Waals surface area contributed by atoms with Crippen LogP contribution in [0, 0.1) is 5.92 Å². The highest BCUT2D eigenvalue weighted by Crippen LogP contribution is 2.38. The van der Waals surface area contributed by atoms with Gasteiger partial charge in [0.15, 0.2) is 6.61 Å². The molecule has 0 bridgehead atoms. The fourth-order valence-corrected chi connectivity index (χ4v) is 2.50. The topological polar surface area (TPSA) is 106 Å². The molecule has 28 heavy (non-hydrogen) atoms. The van der Waals surface area contributed by atoms with Crippen LogP contribution in [0.15, 0.2) is 28.8 Å². The number of carbonyl (C=O) groups excluding carboxylic acids is 2. The summed E-state index contributed by atoms with van der Waals surface area (Å²) in [5, 5.41) is 9.26. The molecule has 2 aromatic rings. The lowest BCUT2D eigenvalue weighted by Gasteiger charge is -2.09. The lowest BCUT2D eigenvalue weighted by molar-refractivity contribution is -0.124. The Bertz CT molecular complexity index is 797. The highest BCUT2D eigenvalue weighted by atomic mass is 16.5. The predicted molar refractivity (Wildman–Crippen MR) is 103 cm³/mol. The molecule has 1 heterocycles. The standard InChI is InChI=1S/C20H26N4O4/c1-13(2)3-10-18(25)21-11-19(26)22-15-6-8-16(9-7-15)27-12-17-23-20(28-24-17)14-4-5-14/h6-9,13-14H,3-5,10-12H2,1-2H3,(H,21,25)(H,22,26). The average molecular weight is 386 g/mol. The molecule has 8 nitrogen and oxygen atoms in total. The zero-order valence-corrected chi connectivity index (χ0v) is 16.2. The number of nitrogens with one attached hydrogen (secondary N) is 2. The number of carbonyl (C=O) groups is 2. The second-order valence-corrected chi connectivity index (χ2v) is 7.39. The van der Waals surface area contributed by atoms with Gasteiger partial charge in [-0.25, -0.2) is 0 Å². The van der Waals surface area contributed by atoms with E-state index in [1.54, 1.807) is 24.3 Å². The molecule has 0 saturated heterocycles. The molecule has 1 aliphatic rings. The van der Waals surface area contributed by atoms with Gasteiger partial charge in [-0.05, 0) is 49.4 Å². The van der Waals surface area contributed by atoms with Crippen LogP contribution in [0.25, 0.3) is 0 Å². The molecule has 3 rings (SSSR count). The van der Waals surface area contributed by atoms with E-state index in [-0.39, 0.29) is 25.0 Å². The Labute approximate surface area is 164 Å². The molecular weight excluding hydrogens is 360 g/mol. The fourth-order valence-electron chi connectivity index (χ4n) is 2.50. The van der Waals surface area contributed by atoms with Gasteiger partial charge < -0.3 is 19.9 Å². The van der Waals surface area contributed by atoms with E-state index in [4.69, 9.17) is 9.26 Å². The maximum Gasteiger partial charge on any atom is 0.243 e. The van der Waals surface area contributed by atoms with Crippen LogP contribution in [-0.4, -0.2) is 28.5 Å². The van der Waals surface area contributed by atoms with Crippen LogP contribution in [-0.2, 0) is 16.2 Å². The van der Waals surface area contributed by atoms with Gasteiger partial charge in [0, 0.05) is 18.0 Å². The van der Waals surface area contributed by atoms with Gasteiger partial charge in [0.1, 0.15) is 5.75 Å². The molecular formula is C20H26N4O4. The fraction of sp³-hybridized carbons (Fsp3) is 0.500. The van der Waals surface area contributed by atoms with Crippen molar-refractivity contribution in [2.45, 2.75) is 52.1 Å². The summed E-state index contributed by atoms with van der Waals surface area (Å²) in [6.45, 7) is 4.29. The number of amides is 2. The van der Waals surface area contributed by atoms with Crippen molar-refractivity contribution in [3.05, 3.63) is 36.0 Å². The molecule has 2 N–H and O–H groups in total. The summed E-state index contributed by atoms with van der Waals surface area (Å²) in [7, 11) is 0. The first-order chi connectivity index (χ1) is 13.5.